The molecule has 1 atom stereocenters. The Morgan fingerprint density at radius 3 is 2.54 bits per heavy atom. The molecule has 1 aromatic carbocycles. The number of nitrogen functional groups attached to an aromatic ring is 1. The number of piperazine rings is 1. The molecule has 4 rings (SSSR count). The van der Waals surface area contributed by atoms with Gasteiger partial charge in [0.15, 0.2) is 5.82 Å². The smallest absolute Gasteiger partial charge is 0.248 e. The van der Waals surface area contributed by atoms with Crippen molar-refractivity contribution in [3.8, 4) is 5.75 Å². The van der Waals surface area contributed by atoms with E-state index in [2.05, 4.69) is 54.0 Å². The van der Waals surface area contributed by atoms with Crippen LogP contribution < -0.4 is 27.0 Å². The number of rotatable bonds is 22. The van der Waals surface area contributed by atoms with E-state index in [0.29, 0.717) is 64.8 Å². The summed E-state index contributed by atoms with van der Waals surface area (Å²) < 4.78 is 18.8. The Bertz CT molecular complexity index is 1500. The van der Waals surface area contributed by atoms with Crippen molar-refractivity contribution in [3.63, 3.8) is 0 Å². The lowest BCUT2D eigenvalue weighted by molar-refractivity contribution is -0.134. The standard InChI is InChI=1S/C34H53N9O7/c1-3-4-5-27(23-44)38-33-32-28(39-34(35)40-33)8-11-43(32)22-26-20-25(6-7-29(26)47-2)21-41-12-14-42(15-13-41)31(46)9-16-48-18-19-49-17-10-37-30(45)24-50-36/h6-8,11,20,27,44H,3-5,9-10,12-19,21-24,36H2,1-2H3,(H,37,45)(H3,35,38,39,40). The van der Waals surface area contributed by atoms with Gasteiger partial charge in [0.1, 0.15) is 17.9 Å². The van der Waals surface area contributed by atoms with E-state index >= 15 is 0 Å². The van der Waals surface area contributed by atoms with Gasteiger partial charge in [0, 0.05) is 51.0 Å². The van der Waals surface area contributed by atoms with Gasteiger partial charge in [0.05, 0.1) is 64.7 Å². The van der Waals surface area contributed by atoms with Gasteiger partial charge >= 0.3 is 0 Å². The maximum Gasteiger partial charge on any atom is 0.248 e. The molecule has 3 heterocycles. The van der Waals surface area contributed by atoms with Crippen LogP contribution in [0.3, 0.4) is 0 Å². The number of carbonyl (C=O) groups excluding carboxylic acids is 2. The van der Waals surface area contributed by atoms with Gasteiger partial charge in [-0.3, -0.25) is 19.3 Å². The van der Waals surface area contributed by atoms with Crippen LogP contribution in [0.5, 0.6) is 5.75 Å². The van der Waals surface area contributed by atoms with Crippen LogP contribution in [0.1, 0.15) is 43.7 Å². The minimum Gasteiger partial charge on any atom is -0.496 e. The average Bonchev–Trinajstić information content (AvgIpc) is 3.51. The number of methoxy groups -OCH3 is 1. The Labute approximate surface area is 293 Å². The number of benzene rings is 1. The summed E-state index contributed by atoms with van der Waals surface area (Å²) in [5.41, 5.74) is 9.75. The zero-order valence-electron chi connectivity index (χ0n) is 29.3. The third-order valence-electron chi connectivity index (χ3n) is 8.53. The molecule has 50 heavy (non-hydrogen) atoms. The fourth-order valence-corrected chi connectivity index (χ4v) is 5.89. The van der Waals surface area contributed by atoms with Gasteiger partial charge in [-0.2, -0.15) is 4.98 Å². The minimum absolute atomic E-state index is 0.00634. The van der Waals surface area contributed by atoms with Gasteiger partial charge in [-0.05, 0) is 30.2 Å². The number of aromatic nitrogens is 3. The van der Waals surface area contributed by atoms with Gasteiger partial charge in [-0.15, -0.1) is 0 Å². The Morgan fingerprint density at radius 2 is 1.82 bits per heavy atom. The highest BCUT2D eigenvalue weighted by atomic mass is 16.6. The second-order valence-electron chi connectivity index (χ2n) is 12.2. The molecule has 0 spiro atoms. The lowest BCUT2D eigenvalue weighted by Gasteiger charge is -2.35. The number of fused-ring (bicyclic) bond motifs is 1. The van der Waals surface area contributed by atoms with Crippen LogP contribution in [0.15, 0.2) is 30.5 Å². The number of aliphatic hydroxyl groups excluding tert-OH is 1. The molecule has 2 amide bonds. The average molecular weight is 700 g/mol. The summed E-state index contributed by atoms with van der Waals surface area (Å²) in [6.45, 7) is 7.85. The van der Waals surface area contributed by atoms with Gasteiger partial charge in [0.25, 0.3) is 0 Å². The summed E-state index contributed by atoms with van der Waals surface area (Å²) in [7, 11) is 1.67. The van der Waals surface area contributed by atoms with Crippen molar-refractivity contribution in [1.82, 2.24) is 29.7 Å². The van der Waals surface area contributed by atoms with Crippen molar-refractivity contribution in [3.05, 3.63) is 41.6 Å². The van der Waals surface area contributed by atoms with Crippen LogP contribution in [-0.4, -0.2) is 127 Å². The molecule has 7 N–H and O–H groups in total. The van der Waals surface area contributed by atoms with Crippen LogP contribution in [-0.2, 0) is 37.0 Å². The van der Waals surface area contributed by atoms with E-state index in [4.69, 9.17) is 25.8 Å². The quantitative estimate of drug-likeness (QED) is 0.0738. The van der Waals surface area contributed by atoms with Crippen molar-refractivity contribution >= 4 is 34.6 Å². The summed E-state index contributed by atoms with van der Waals surface area (Å²) in [6, 6.07) is 8.03. The summed E-state index contributed by atoms with van der Waals surface area (Å²) >= 11 is 0. The fourth-order valence-electron chi connectivity index (χ4n) is 5.89. The number of nitrogens with one attached hydrogen (secondary N) is 2. The van der Waals surface area contributed by atoms with E-state index in [1.54, 1.807) is 7.11 Å². The molecular formula is C34H53N9O7. The fraction of sp³-hybridized carbons (Fsp3) is 0.588. The molecule has 1 saturated heterocycles. The molecule has 0 aliphatic carbocycles. The number of carbonyl (C=O) groups is 2. The first-order chi connectivity index (χ1) is 24.3. The molecule has 1 fully saturated rings. The molecule has 2 aromatic heterocycles. The second kappa shape index (κ2) is 20.6. The van der Waals surface area contributed by atoms with Crippen molar-refractivity contribution in [1.29, 1.82) is 0 Å². The largest absolute Gasteiger partial charge is 0.496 e. The highest BCUT2D eigenvalue weighted by Crippen LogP contribution is 2.28. The van der Waals surface area contributed by atoms with E-state index in [1.165, 1.54) is 0 Å². The Hall–Kier alpha value is -4.06. The molecule has 0 saturated carbocycles. The topological polar surface area (TPSA) is 205 Å². The lowest BCUT2D eigenvalue weighted by Crippen LogP contribution is -2.48. The van der Waals surface area contributed by atoms with E-state index in [-0.39, 0.29) is 37.0 Å². The summed E-state index contributed by atoms with van der Waals surface area (Å²) in [5, 5.41) is 16.0. The maximum absolute atomic E-state index is 12.8. The lowest BCUT2D eigenvalue weighted by atomic mass is 10.1. The summed E-state index contributed by atoms with van der Waals surface area (Å²) in [6.07, 6.45) is 5.13. The molecule has 0 radical (unpaired) electrons. The number of nitrogens with zero attached hydrogens (tertiary/aromatic N) is 5. The normalized spacial score (nSPS) is 14.2. The first-order valence-corrected chi connectivity index (χ1v) is 17.2. The zero-order valence-corrected chi connectivity index (χ0v) is 29.3. The summed E-state index contributed by atoms with van der Waals surface area (Å²) in [5.74, 6) is 6.18. The van der Waals surface area contributed by atoms with Crippen LogP contribution in [0.4, 0.5) is 11.8 Å². The number of ether oxygens (including phenoxy) is 3. The third-order valence-corrected chi connectivity index (χ3v) is 8.53. The van der Waals surface area contributed by atoms with Crippen LogP contribution in [0.25, 0.3) is 11.0 Å². The second-order valence-corrected chi connectivity index (χ2v) is 12.2. The first-order valence-electron chi connectivity index (χ1n) is 17.2. The van der Waals surface area contributed by atoms with Crippen LogP contribution in [0, 0.1) is 0 Å². The number of nitrogens with two attached hydrogens (primary N) is 2. The maximum atomic E-state index is 12.8. The van der Waals surface area contributed by atoms with E-state index < -0.39 is 0 Å². The number of unbranched alkanes of at least 4 members (excludes halogenated alkanes) is 1. The Balaban J connectivity index is 1.25. The zero-order chi connectivity index (χ0) is 35.7. The molecule has 1 aliphatic rings. The molecule has 16 heteroatoms. The van der Waals surface area contributed by atoms with E-state index in [9.17, 15) is 14.7 Å². The Kier molecular flexibility index (Phi) is 15.9. The Morgan fingerprint density at radius 1 is 1.04 bits per heavy atom. The van der Waals surface area contributed by atoms with Crippen molar-refractivity contribution in [2.75, 3.05) is 90.5 Å². The highest BCUT2D eigenvalue weighted by molar-refractivity contribution is 5.87. The number of hydrogen-bond donors (Lipinski definition) is 5. The molecule has 0 bridgehead atoms. The first kappa shape index (κ1) is 38.7. The number of anilines is 2. The monoisotopic (exact) mass is 699 g/mol. The van der Waals surface area contributed by atoms with E-state index in [1.807, 2.05) is 23.2 Å². The highest BCUT2D eigenvalue weighted by Gasteiger charge is 2.22. The number of aliphatic hydroxyl groups is 1. The number of hydrogen-bond acceptors (Lipinski definition) is 13. The van der Waals surface area contributed by atoms with Gasteiger partial charge in [-0.1, -0.05) is 25.8 Å². The van der Waals surface area contributed by atoms with Crippen LogP contribution >= 0.6 is 0 Å². The number of amides is 2. The van der Waals surface area contributed by atoms with Gasteiger partial charge in [-0.25, -0.2) is 10.9 Å². The van der Waals surface area contributed by atoms with Gasteiger partial charge < -0.3 is 45.2 Å². The molecule has 3 aromatic rings. The predicted octanol–water partition coefficient (Wildman–Crippen LogP) is 1.11. The molecule has 276 valence electrons. The van der Waals surface area contributed by atoms with Crippen molar-refractivity contribution < 1.29 is 33.7 Å². The van der Waals surface area contributed by atoms with Crippen LogP contribution in [0.2, 0.25) is 0 Å². The third kappa shape index (κ3) is 11.8. The molecular weight excluding hydrogens is 646 g/mol. The van der Waals surface area contributed by atoms with E-state index in [0.717, 1.165) is 66.8 Å². The van der Waals surface area contributed by atoms with Crippen molar-refractivity contribution in [2.45, 2.75) is 51.7 Å². The molecule has 1 unspecified atom stereocenters. The molecule has 1 aliphatic heterocycles. The predicted molar refractivity (Wildman–Crippen MR) is 189 cm³/mol. The van der Waals surface area contributed by atoms with Gasteiger partial charge in [0.2, 0.25) is 17.8 Å². The summed E-state index contributed by atoms with van der Waals surface area (Å²) in [4.78, 5) is 41.5. The molecule has 16 nitrogen and oxygen atoms in total. The minimum atomic E-state index is -0.305. The SMILES string of the molecule is CCCCC(CO)Nc1nc(N)nc2ccn(Cc3cc(CN4CCN(C(=O)CCOCCOCCNC(=O)CON)CC4)ccc3OC)c12. The van der Waals surface area contributed by atoms with Crippen molar-refractivity contribution in [2.24, 2.45) is 5.90 Å².